The van der Waals surface area contributed by atoms with Crippen LogP contribution in [0.2, 0.25) is 0 Å². The number of halogens is 2. The van der Waals surface area contributed by atoms with E-state index in [0.29, 0.717) is 6.07 Å². The highest BCUT2D eigenvalue weighted by Crippen LogP contribution is 2.33. The number of Topliss-reactive ketones (excluding diaryl/α,β-unsaturated/α-hetero) is 2. The Morgan fingerprint density at radius 3 is 2.38 bits per heavy atom. The molecule has 1 aliphatic rings. The molecule has 21 heavy (non-hydrogen) atoms. The average molecular weight is 299 g/mol. The lowest BCUT2D eigenvalue weighted by Crippen LogP contribution is -2.31. The Balaban J connectivity index is 2.87. The summed E-state index contributed by atoms with van der Waals surface area (Å²) in [5, 5.41) is 23.4. The van der Waals surface area contributed by atoms with E-state index in [2.05, 4.69) is 5.16 Å². The van der Waals surface area contributed by atoms with Crippen molar-refractivity contribution in [3.8, 4) is 0 Å². The summed E-state index contributed by atoms with van der Waals surface area (Å²) in [5.74, 6) is -8.43. The molecule has 1 aromatic carbocycles. The molecule has 1 aliphatic heterocycles. The van der Waals surface area contributed by atoms with Gasteiger partial charge in [0, 0.05) is 6.07 Å². The van der Waals surface area contributed by atoms with Crippen LogP contribution >= 0.6 is 0 Å². The third-order valence-electron chi connectivity index (χ3n) is 2.59. The third kappa shape index (κ3) is 2.00. The average Bonchev–Trinajstić information content (AvgIpc) is 2.48. The minimum Gasteiger partial charge on any atom is -0.410 e. The second-order valence-electron chi connectivity index (χ2n) is 3.76. The molecule has 0 fully saturated rings. The summed E-state index contributed by atoms with van der Waals surface area (Å²) in [6.45, 7) is 0. The molecule has 0 bridgehead atoms. The number of rotatable bonds is 1. The van der Waals surface area contributed by atoms with E-state index < -0.39 is 56.7 Å². The third-order valence-corrected chi connectivity index (χ3v) is 2.59. The Labute approximate surface area is 113 Å². The molecule has 2 N–H and O–H groups in total. The van der Waals surface area contributed by atoms with E-state index in [9.17, 15) is 33.3 Å². The first-order valence-electron chi connectivity index (χ1n) is 5.08. The van der Waals surface area contributed by atoms with Gasteiger partial charge in [0.15, 0.2) is 5.82 Å². The standard InChI is InChI=1S/C10H3F2N3O6/c11-2-1-3-4(7(5(2)12)15(20)21)8(16)9(17)6(14-19)10(18)13-3/h1,19H,(H,13,18)/b14-6-. The number of carbonyl (C=O) groups is 3. The molecule has 1 heterocycles. The first-order valence-corrected chi connectivity index (χ1v) is 5.08. The Morgan fingerprint density at radius 2 is 1.86 bits per heavy atom. The minimum atomic E-state index is -1.96. The summed E-state index contributed by atoms with van der Waals surface area (Å²) in [5.41, 5.74) is -4.76. The van der Waals surface area contributed by atoms with Gasteiger partial charge in [-0.2, -0.15) is 4.39 Å². The first kappa shape index (κ1) is 14.2. The molecular formula is C10H3F2N3O6. The molecule has 2 rings (SSSR count). The van der Waals surface area contributed by atoms with Crippen molar-refractivity contribution in [1.29, 1.82) is 0 Å². The number of carbonyl (C=O) groups excluding carboxylic acids is 3. The Bertz CT molecular complexity index is 758. The number of amides is 1. The zero-order valence-corrected chi connectivity index (χ0v) is 9.72. The highest BCUT2D eigenvalue weighted by atomic mass is 19.2. The number of hydrogen-bond acceptors (Lipinski definition) is 7. The van der Waals surface area contributed by atoms with Crippen molar-refractivity contribution in [2.45, 2.75) is 0 Å². The van der Waals surface area contributed by atoms with Crippen LogP contribution in [0.15, 0.2) is 11.2 Å². The lowest BCUT2D eigenvalue weighted by atomic mass is 10.0. The highest BCUT2D eigenvalue weighted by Gasteiger charge is 2.41. The molecule has 0 unspecified atom stereocenters. The maximum Gasteiger partial charge on any atom is 0.321 e. The number of nitrogens with zero attached hydrogens (tertiary/aromatic N) is 2. The summed E-state index contributed by atoms with van der Waals surface area (Å²) < 4.78 is 26.8. The number of fused-ring (bicyclic) bond motifs is 1. The highest BCUT2D eigenvalue weighted by molar-refractivity contribution is 6.83. The van der Waals surface area contributed by atoms with Gasteiger partial charge in [-0.25, -0.2) is 4.39 Å². The molecule has 0 radical (unpaired) electrons. The molecule has 0 saturated carbocycles. The fraction of sp³-hybridized carbons (Fsp3) is 0. The van der Waals surface area contributed by atoms with E-state index in [1.54, 1.807) is 5.32 Å². The van der Waals surface area contributed by atoms with Gasteiger partial charge in [0.05, 0.1) is 10.6 Å². The van der Waals surface area contributed by atoms with Gasteiger partial charge < -0.3 is 10.5 Å². The fourth-order valence-electron chi connectivity index (χ4n) is 1.71. The molecule has 0 saturated heterocycles. The monoisotopic (exact) mass is 299 g/mol. The smallest absolute Gasteiger partial charge is 0.321 e. The molecule has 0 aliphatic carbocycles. The summed E-state index contributed by atoms with van der Waals surface area (Å²) in [7, 11) is 0. The van der Waals surface area contributed by atoms with Crippen LogP contribution in [0.1, 0.15) is 10.4 Å². The normalized spacial score (nSPS) is 16.5. The van der Waals surface area contributed by atoms with Gasteiger partial charge >= 0.3 is 5.69 Å². The summed E-state index contributed by atoms with van der Waals surface area (Å²) in [4.78, 5) is 44.3. The summed E-state index contributed by atoms with van der Waals surface area (Å²) >= 11 is 0. The number of nitro benzene ring substituents is 1. The van der Waals surface area contributed by atoms with Crippen molar-refractivity contribution in [3.05, 3.63) is 33.4 Å². The fourth-order valence-corrected chi connectivity index (χ4v) is 1.71. The van der Waals surface area contributed by atoms with Crippen LogP contribution in [0.4, 0.5) is 20.2 Å². The van der Waals surface area contributed by atoms with Crippen LogP contribution in [-0.2, 0) is 9.59 Å². The van der Waals surface area contributed by atoms with Gasteiger partial charge in [0.1, 0.15) is 5.56 Å². The number of nitro groups is 1. The van der Waals surface area contributed by atoms with E-state index in [1.807, 2.05) is 0 Å². The van der Waals surface area contributed by atoms with Crippen molar-refractivity contribution in [1.82, 2.24) is 0 Å². The minimum absolute atomic E-state index is 0.307. The van der Waals surface area contributed by atoms with Crippen LogP contribution in [0.5, 0.6) is 0 Å². The lowest BCUT2D eigenvalue weighted by molar-refractivity contribution is -0.388. The molecule has 108 valence electrons. The second-order valence-corrected chi connectivity index (χ2v) is 3.76. The van der Waals surface area contributed by atoms with Crippen molar-refractivity contribution in [3.63, 3.8) is 0 Å². The van der Waals surface area contributed by atoms with E-state index in [1.165, 1.54) is 0 Å². The molecule has 1 aromatic rings. The number of anilines is 1. The van der Waals surface area contributed by atoms with Crippen LogP contribution in [0.3, 0.4) is 0 Å². The van der Waals surface area contributed by atoms with E-state index in [-0.39, 0.29) is 0 Å². The Hall–Kier alpha value is -3.24. The van der Waals surface area contributed by atoms with Crippen LogP contribution in [-0.4, -0.2) is 33.3 Å². The Kier molecular flexibility index (Phi) is 3.17. The number of benzene rings is 1. The number of hydrogen-bond donors (Lipinski definition) is 2. The summed E-state index contributed by atoms with van der Waals surface area (Å²) in [6.07, 6.45) is 0. The van der Waals surface area contributed by atoms with Gasteiger partial charge in [0.25, 0.3) is 11.7 Å². The van der Waals surface area contributed by atoms with Gasteiger partial charge in [-0.15, -0.1) is 0 Å². The van der Waals surface area contributed by atoms with Crippen molar-refractivity contribution < 1.29 is 33.3 Å². The second kappa shape index (κ2) is 4.70. The predicted octanol–water partition coefficient (Wildman–Crippen LogP) is 0.407. The quantitative estimate of drug-likeness (QED) is 0.333. The molecule has 9 nitrogen and oxygen atoms in total. The zero-order valence-electron chi connectivity index (χ0n) is 9.72. The van der Waals surface area contributed by atoms with Crippen LogP contribution in [0.25, 0.3) is 0 Å². The van der Waals surface area contributed by atoms with Crippen LogP contribution in [0, 0.1) is 21.7 Å². The van der Waals surface area contributed by atoms with E-state index in [0.717, 1.165) is 0 Å². The number of nitrogens with one attached hydrogen (secondary N) is 1. The largest absolute Gasteiger partial charge is 0.410 e. The number of ketones is 2. The first-order chi connectivity index (χ1) is 9.79. The molecule has 11 heteroatoms. The molecule has 0 spiro atoms. The van der Waals surface area contributed by atoms with Crippen molar-refractivity contribution in [2.75, 3.05) is 5.32 Å². The van der Waals surface area contributed by atoms with Gasteiger partial charge in [-0.1, -0.05) is 5.16 Å². The molecule has 1 amide bonds. The van der Waals surface area contributed by atoms with E-state index in [4.69, 9.17) is 5.21 Å². The summed E-state index contributed by atoms with van der Waals surface area (Å²) in [6, 6.07) is 0.307. The van der Waals surface area contributed by atoms with Crippen LogP contribution < -0.4 is 5.32 Å². The van der Waals surface area contributed by atoms with Gasteiger partial charge in [0.2, 0.25) is 17.3 Å². The van der Waals surface area contributed by atoms with Gasteiger partial charge in [-0.3, -0.25) is 24.5 Å². The molecular weight excluding hydrogens is 296 g/mol. The van der Waals surface area contributed by atoms with Crippen molar-refractivity contribution in [2.24, 2.45) is 5.16 Å². The van der Waals surface area contributed by atoms with E-state index >= 15 is 0 Å². The molecule has 0 aromatic heterocycles. The number of oxime groups is 1. The molecule has 0 atom stereocenters. The zero-order chi connectivity index (χ0) is 15.9. The maximum atomic E-state index is 13.5. The Morgan fingerprint density at radius 1 is 1.24 bits per heavy atom. The lowest BCUT2D eigenvalue weighted by Gasteiger charge is -2.06. The topological polar surface area (TPSA) is 139 Å². The van der Waals surface area contributed by atoms with Gasteiger partial charge in [-0.05, 0) is 0 Å². The van der Waals surface area contributed by atoms with Crippen molar-refractivity contribution >= 4 is 34.6 Å². The maximum absolute atomic E-state index is 13.5. The SMILES string of the molecule is O=C1Nc2cc(F)c(F)c([N+](=O)[O-])c2C(=O)C(=O)/C1=N/O. The predicted molar refractivity (Wildman–Crippen MR) is 60.2 cm³/mol.